The van der Waals surface area contributed by atoms with Crippen molar-refractivity contribution in [2.45, 2.75) is 32.6 Å². The van der Waals surface area contributed by atoms with E-state index in [0.717, 1.165) is 18.6 Å². The van der Waals surface area contributed by atoms with Crippen LogP contribution >= 0.6 is 0 Å². The van der Waals surface area contributed by atoms with Gasteiger partial charge in [0.15, 0.2) is 0 Å². The number of hydrogen-bond donors (Lipinski definition) is 0. The van der Waals surface area contributed by atoms with Crippen LogP contribution in [0.1, 0.15) is 32.6 Å². The van der Waals surface area contributed by atoms with Crippen molar-refractivity contribution in [3.8, 4) is 0 Å². The van der Waals surface area contributed by atoms with Gasteiger partial charge in [0.1, 0.15) is 0 Å². The second-order valence-corrected chi connectivity index (χ2v) is 3.56. The Kier molecular flexibility index (Phi) is 2.91. The fourth-order valence-electron chi connectivity index (χ4n) is 1.71. The molecular weight excluding hydrogens is 167 g/mol. The van der Waals surface area contributed by atoms with Crippen molar-refractivity contribution in [2.24, 2.45) is 0 Å². The maximum Gasteiger partial charge on any atom is 0.713 e. The van der Waals surface area contributed by atoms with Gasteiger partial charge in [-0.15, -0.1) is 0 Å². The minimum atomic E-state index is -0.442. The Bertz CT molecular complexity index is 209. The van der Waals surface area contributed by atoms with Gasteiger partial charge in [-0.3, -0.25) is 0 Å². The van der Waals surface area contributed by atoms with Crippen molar-refractivity contribution in [2.75, 3.05) is 13.2 Å². The molecule has 1 aliphatic carbocycles. The Morgan fingerprint density at radius 1 is 1.15 bits per heavy atom. The largest absolute Gasteiger partial charge is 0.713 e. The van der Waals surface area contributed by atoms with E-state index in [-0.39, 0.29) is 0 Å². The predicted molar refractivity (Wildman–Crippen MR) is 49.9 cm³/mol. The monoisotopic (exact) mass is 182 g/mol. The Labute approximate surface area is 79.2 Å². The van der Waals surface area contributed by atoms with Gasteiger partial charge in [-0.2, -0.15) is 0 Å². The zero-order valence-corrected chi connectivity index (χ0v) is 8.04. The molecule has 1 fully saturated rings. The second-order valence-electron chi connectivity index (χ2n) is 3.56. The maximum atomic E-state index is 5.60. The van der Waals surface area contributed by atoms with Crippen LogP contribution in [0.2, 0.25) is 0 Å². The first-order chi connectivity index (χ1) is 6.36. The predicted octanol–water partition coefficient (Wildman–Crippen LogP) is 1.88. The van der Waals surface area contributed by atoms with E-state index in [0.29, 0.717) is 13.2 Å². The summed E-state index contributed by atoms with van der Waals surface area (Å²) in [5.74, 6) is 1.08. The van der Waals surface area contributed by atoms with Crippen LogP contribution in [0, 0.1) is 0 Å². The number of hydrogen-bond acceptors (Lipinski definition) is 3. The lowest BCUT2D eigenvalue weighted by molar-refractivity contribution is 0.214. The topological polar surface area (TPSA) is 27.7 Å². The Balaban J connectivity index is 1.91. The normalized spacial score (nSPS) is 23.9. The molecule has 0 radical (unpaired) electrons. The summed E-state index contributed by atoms with van der Waals surface area (Å²) in [6.45, 7) is 3.43. The lowest BCUT2D eigenvalue weighted by Crippen LogP contribution is -2.20. The third-order valence-corrected chi connectivity index (χ3v) is 2.51. The zero-order valence-electron chi connectivity index (χ0n) is 8.04. The lowest BCUT2D eigenvalue weighted by atomic mass is 9.98. The molecule has 0 saturated carbocycles. The van der Waals surface area contributed by atoms with Gasteiger partial charge in [0.05, 0.1) is 19.0 Å². The average molecular weight is 182 g/mol. The highest BCUT2D eigenvalue weighted by atomic mass is 16.8. The van der Waals surface area contributed by atoms with Crippen molar-refractivity contribution in [3.63, 3.8) is 0 Å². The summed E-state index contributed by atoms with van der Waals surface area (Å²) in [4.78, 5) is 0. The van der Waals surface area contributed by atoms with Gasteiger partial charge < -0.3 is 14.0 Å². The Morgan fingerprint density at radius 2 is 1.85 bits per heavy atom. The molecule has 2 aliphatic rings. The van der Waals surface area contributed by atoms with Crippen molar-refractivity contribution in [1.29, 1.82) is 0 Å². The first-order valence-electron chi connectivity index (χ1n) is 4.95. The first-order valence-corrected chi connectivity index (χ1v) is 4.95. The summed E-state index contributed by atoms with van der Waals surface area (Å²) < 4.78 is 16.1. The highest BCUT2D eigenvalue weighted by molar-refractivity contribution is 6.37. The zero-order chi connectivity index (χ0) is 9.10. The highest BCUT2D eigenvalue weighted by Gasteiger charge is 2.30. The van der Waals surface area contributed by atoms with Crippen LogP contribution in [0.15, 0.2) is 11.3 Å². The third kappa shape index (κ3) is 2.26. The van der Waals surface area contributed by atoms with E-state index in [1.165, 1.54) is 18.4 Å². The Morgan fingerprint density at radius 3 is 2.54 bits per heavy atom. The summed E-state index contributed by atoms with van der Waals surface area (Å²) >= 11 is 0. The van der Waals surface area contributed by atoms with Gasteiger partial charge in [-0.05, 0) is 31.8 Å². The molecular formula is C9H15BO3. The molecule has 13 heavy (non-hydrogen) atoms. The molecule has 0 aromatic carbocycles. The van der Waals surface area contributed by atoms with Gasteiger partial charge in [-0.25, -0.2) is 0 Å². The van der Waals surface area contributed by atoms with Crippen LogP contribution in [-0.2, 0) is 14.0 Å². The molecule has 0 spiro atoms. The molecule has 3 nitrogen and oxygen atoms in total. The minimum Gasteiger partial charge on any atom is -0.515 e. The summed E-state index contributed by atoms with van der Waals surface area (Å²) in [5.41, 5.74) is 1.35. The van der Waals surface area contributed by atoms with Crippen LogP contribution in [0.5, 0.6) is 0 Å². The van der Waals surface area contributed by atoms with E-state index in [1.54, 1.807) is 0 Å². The number of allylic oxidation sites excluding steroid dienone is 2. The first kappa shape index (κ1) is 9.09. The molecule has 0 N–H and O–H groups in total. The fourth-order valence-corrected chi connectivity index (χ4v) is 1.71. The van der Waals surface area contributed by atoms with Gasteiger partial charge >= 0.3 is 7.32 Å². The molecule has 2 rings (SSSR count). The highest BCUT2D eigenvalue weighted by Crippen LogP contribution is 2.26. The van der Waals surface area contributed by atoms with E-state index in [1.807, 2.05) is 0 Å². The summed E-state index contributed by atoms with van der Waals surface area (Å²) in [7, 11) is -0.442. The summed E-state index contributed by atoms with van der Waals surface area (Å²) in [5, 5.41) is 0. The molecule has 0 bridgehead atoms. The molecule has 0 unspecified atom stereocenters. The smallest absolute Gasteiger partial charge is 0.515 e. The molecule has 0 amide bonds. The van der Waals surface area contributed by atoms with E-state index in [4.69, 9.17) is 14.0 Å². The summed E-state index contributed by atoms with van der Waals surface area (Å²) in [6, 6.07) is 0. The molecule has 1 aliphatic heterocycles. The SMILES string of the molecule is CC1=C(OB2OCCO2)CCCC1. The molecule has 4 heteroatoms. The molecule has 1 saturated heterocycles. The van der Waals surface area contributed by atoms with Crippen LogP contribution in [0.3, 0.4) is 0 Å². The van der Waals surface area contributed by atoms with Crippen LogP contribution < -0.4 is 0 Å². The lowest BCUT2D eigenvalue weighted by Gasteiger charge is -2.19. The van der Waals surface area contributed by atoms with E-state index in [2.05, 4.69) is 6.92 Å². The van der Waals surface area contributed by atoms with Crippen LogP contribution in [-0.4, -0.2) is 20.5 Å². The average Bonchev–Trinajstić information content (AvgIpc) is 2.61. The molecule has 72 valence electrons. The van der Waals surface area contributed by atoms with Gasteiger partial charge in [0.25, 0.3) is 0 Å². The van der Waals surface area contributed by atoms with Crippen molar-refractivity contribution >= 4 is 7.32 Å². The summed E-state index contributed by atoms with van der Waals surface area (Å²) in [6.07, 6.45) is 4.70. The third-order valence-electron chi connectivity index (χ3n) is 2.51. The number of rotatable bonds is 2. The standard InChI is InChI=1S/C9H15BO3/c1-8-4-2-3-5-9(8)13-10-11-6-7-12-10/h2-7H2,1H3. The van der Waals surface area contributed by atoms with Gasteiger partial charge in [-0.1, -0.05) is 0 Å². The van der Waals surface area contributed by atoms with E-state index < -0.39 is 7.32 Å². The fraction of sp³-hybridized carbons (Fsp3) is 0.778. The van der Waals surface area contributed by atoms with Crippen LogP contribution in [0.25, 0.3) is 0 Å². The second kappa shape index (κ2) is 4.16. The van der Waals surface area contributed by atoms with E-state index in [9.17, 15) is 0 Å². The molecule has 0 aromatic rings. The molecule has 0 aromatic heterocycles. The molecule has 1 heterocycles. The van der Waals surface area contributed by atoms with Gasteiger partial charge in [0, 0.05) is 6.42 Å². The van der Waals surface area contributed by atoms with Crippen molar-refractivity contribution < 1.29 is 14.0 Å². The Hall–Kier alpha value is -0.475. The van der Waals surface area contributed by atoms with Crippen molar-refractivity contribution in [3.05, 3.63) is 11.3 Å². The maximum absolute atomic E-state index is 5.60. The van der Waals surface area contributed by atoms with Crippen LogP contribution in [0.4, 0.5) is 0 Å². The minimum absolute atomic E-state index is 0.442. The quantitative estimate of drug-likeness (QED) is 0.610. The van der Waals surface area contributed by atoms with E-state index >= 15 is 0 Å². The van der Waals surface area contributed by atoms with Gasteiger partial charge in [0.2, 0.25) is 0 Å². The molecule has 0 atom stereocenters. The van der Waals surface area contributed by atoms with Crippen molar-refractivity contribution in [1.82, 2.24) is 0 Å².